The van der Waals surface area contributed by atoms with Crippen molar-refractivity contribution in [3.63, 3.8) is 0 Å². The number of aliphatic hydroxyl groups is 1. The fourth-order valence-electron chi connectivity index (χ4n) is 3.24. The summed E-state index contributed by atoms with van der Waals surface area (Å²) >= 11 is 0. The molecule has 2 aromatic carbocycles. The lowest BCUT2D eigenvalue weighted by atomic mass is 9.88. The number of rotatable bonds is 6. The van der Waals surface area contributed by atoms with Gasteiger partial charge in [0.15, 0.2) is 5.54 Å². The number of aliphatic hydroxyl groups excluding tert-OH is 1. The van der Waals surface area contributed by atoms with Gasteiger partial charge in [0.05, 0.1) is 6.61 Å². The first kappa shape index (κ1) is 20.5. The van der Waals surface area contributed by atoms with Gasteiger partial charge < -0.3 is 20.4 Å². The molecule has 1 saturated heterocycles. The van der Waals surface area contributed by atoms with Crippen LogP contribution in [0, 0.1) is 0 Å². The van der Waals surface area contributed by atoms with Crippen molar-refractivity contribution in [3.05, 3.63) is 59.7 Å². The average molecular weight is 398 g/mol. The van der Waals surface area contributed by atoms with Crippen LogP contribution in [-0.4, -0.2) is 58.7 Å². The third-order valence-electron chi connectivity index (χ3n) is 5.14. The topological polar surface area (TPSA) is 122 Å². The summed E-state index contributed by atoms with van der Waals surface area (Å²) in [6, 6.07) is 13.7. The standard InChI is InChI=1S/C21H23N3O5/c1-21(19(28)22-20(29)23-21)17(26)15-7-3-13(4-8-15)14-5-9-16(10-6-14)18(27)24(2)11-12-25/h3-10,17,25-26H,11-12H2,1-2H3,(H2,22,23,28,29)/p+1. The molecule has 0 spiro atoms. The van der Waals surface area contributed by atoms with Crippen LogP contribution < -0.4 is 10.6 Å². The zero-order valence-corrected chi connectivity index (χ0v) is 16.2. The van der Waals surface area contributed by atoms with E-state index in [2.05, 4.69) is 10.6 Å². The number of nitrogens with zero attached hydrogens (tertiary/aromatic N) is 1. The lowest BCUT2D eigenvalue weighted by molar-refractivity contribution is -0.127. The zero-order valence-electron chi connectivity index (χ0n) is 16.2. The van der Waals surface area contributed by atoms with E-state index in [1.165, 1.54) is 11.8 Å². The van der Waals surface area contributed by atoms with Crippen LogP contribution in [0.3, 0.4) is 0 Å². The molecule has 8 heteroatoms. The summed E-state index contributed by atoms with van der Waals surface area (Å²) in [6.07, 6.45) is -0.954. The molecule has 0 aromatic heterocycles. The smallest absolute Gasteiger partial charge is 0.322 e. The van der Waals surface area contributed by atoms with E-state index in [0.29, 0.717) is 11.1 Å². The molecular weight excluding hydrogens is 374 g/mol. The van der Waals surface area contributed by atoms with E-state index in [0.717, 1.165) is 11.1 Å². The number of nitrogens with one attached hydrogen (secondary N) is 2. The molecule has 1 heterocycles. The molecule has 2 aromatic rings. The molecule has 0 radical (unpaired) electrons. The van der Waals surface area contributed by atoms with E-state index in [1.54, 1.807) is 31.3 Å². The molecule has 0 aliphatic carbocycles. The molecule has 0 saturated carbocycles. The molecule has 2 atom stereocenters. The Morgan fingerprint density at radius 2 is 1.66 bits per heavy atom. The van der Waals surface area contributed by atoms with E-state index in [-0.39, 0.29) is 19.1 Å². The Morgan fingerprint density at radius 3 is 2.14 bits per heavy atom. The molecular formula is C21H24N3O5+. The molecule has 5 N–H and O–H groups in total. The van der Waals surface area contributed by atoms with E-state index in [9.17, 15) is 14.4 Å². The van der Waals surface area contributed by atoms with E-state index >= 15 is 0 Å². The van der Waals surface area contributed by atoms with Crippen molar-refractivity contribution in [2.45, 2.75) is 18.6 Å². The van der Waals surface area contributed by atoms with Gasteiger partial charge in [0.2, 0.25) is 6.10 Å². The quantitative estimate of drug-likeness (QED) is 0.492. The number of carbonyl (C=O) groups excluding carboxylic acids is 3. The first-order valence-electron chi connectivity index (χ1n) is 9.17. The van der Waals surface area contributed by atoms with Gasteiger partial charge in [-0.25, -0.2) is 4.79 Å². The normalized spacial score (nSPS) is 19.4. The van der Waals surface area contributed by atoms with Crippen LogP contribution >= 0.6 is 0 Å². The Labute approximate surface area is 168 Å². The maximum Gasteiger partial charge on any atom is 0.322 e. The zero-order chi connectivity index (χ0) is 21.2. The highest BCUT2D eigenvalue weighted by molar-refractivity contribution is 6.07. The molecule has 1 aliphatic heterocycles. The summed E-state index contributed by atoms with van der Waals surface area (Å²) < 4.78 is 0. The first-order chi connectivity index (χ1) is 13.8. The second kappa shape index (κ2) is 8.02. The second-order valence-electron chi connectivity index (χ2n) is 7.19. The Hall–Kier alpha value is -3.23. The highest BCUT2D eigenvalue weighted by atomic mass is 16.3. The molecule has 29 heavy (non-hydrogen) atoms. The Morgan fingerprint density at radius 1 is 1.10 bits per heavy atom. The van der Waals surface area contributed by atoms with Gasteiger partial charge in [-0.15, -0.1) is 0 Å². The Bertz CT molecular complexity index is 926. The third-order valence-corrected chi connectivity index (χ3v) is 5.14. The van der Waals surface area contributed by atoms with Crippen molar-refractivity contribution in [3.8, 4) is 11.1 Å². The summed E-state index contributed by atoms with van der Waals surface area (Å²) in [4.78, 5) is 37.2. The number of carbonyl (C=O) groups is 3. The summed E-state index contributed by atoms with van der Waals surface area (Å²) in [5.41, 5.74) is 1.61. The van der Waals surface area contributed by atoms with Crippen LogP contribution in [0.15, 0.2) is 48.5 Å². The van der Waals surface area contributed by atoms with Crippen molar-refractivity contribution in [1.82, 2.24) is 15.5 Å². The number of likely N-dealkylation sites (N-methyl/N-ethyl adjacent to an activating group) is 1. The number of imide groups is 1. The fourth-order valence-corrected chi connectivity index (χ4v) is 3.24. The van der Waals surface area contributed by atoms with Crippen molar-refractivity contribution in [2.75, 3.05) is 20.2 Å². The predicted octanol–water partition coefficient (Wildman–Crippen LogP) is 0.782. The Balaban J connectivity index is 1.76. The van der Waals surface area contributed by atoms with Crippen molar-refractivity contribution in [1.29, 1.82) is 0 Å². The predicted molar refractivity (Wildman–Crippen MR) is 107 cm³/mol. The molecule has 3 rings (SSSR count). The largest absolute Gasteiger partial charge is 0.438 e. The minimum Gasteiger partial charge on any atom is -0.438 e. The van der Waals surface area contributed by atoms with Gasteiger partial charge in [-0.05, 0) is 30.2 Å². The van der Waals surface area contributed by atoms with Gasteiger partial charge in [-0.3, -0.25) is 14.9 Å². The van der Waals surface area contributed by atoms with Gasteiger partial charge in [0, 0.05) is 24.7 Å². The molecule has 4 amide bonds. The van der Waals surface area contributed by atoms with Crippen LogP contribution in [0.1, 0.15) is 28.9 Å². The van der Waals surface area contributed by atoms with Crippen molar-refractivity contribution < 1.29 is 24.6 Å². The second-order valence-corrected chi connectivity index (χ2v) is 7.19. The molecule has 8 nitrogen and oxygen atoms in total. The van der Waals surface area contributed by atoms with Gasteiger partial charge in [-0.1, -0.05) is 36.4 Å². The van der Waals surface area contributed by atoms with Crippen LogP contribution in [0.25, 0.3) is 11.1 Å². The monoisotopic (exact) mass is 398 g/mol. The number of benzene rings is 2. The minimum atomic E-state index is -1.32. The van der Waals surface area contributed by atoms with Crippen LogP contribution in [0.2, 0.25) is 0 Å². The maximum atomic E-state index is 12.2. The van der Waals surface area contributed by atoms with Crippen LogP contribution in [0.4, 0.5) is 4.79 Å². The molecule has 1 aliphatic rings. The van der Waals surface area contributed by atoms with E-state index in [4.69, 9.17) is 10.2 Å². The van der Waals surface area contributed by atoms with Crippen molar-refractivity contribution >= 4 is 17.8 Å². The number of urea groups is 1. The average Bonchev–Trinajstić information content (AvgIpc) is 2.99. The SMILES string of the molecule is CN(CCO)C(=O)c1ccc(-c2ccc(C([OH2+])C3(C)NC(=O)NC3=O)cc2)cc1. The molecule has 0 bridgehead atoms. The van der Waals surface area contributed by atoms with Crippen LogP contribution in [-0.2, 0) is 4.79 Å². The Kier molecular flexibility index (Phi) is 5.67. The molecule has 2 unspecified atom stereocenters. The summed E-state index contributed by atoms with van der Waals surface area (Å²) in [7, 11) is 1.63. The van der Waals surface area contributed by atoms with Gasteiger partial charge in [-0.2, -0.15) is 0 Å². The summed E-state index contributed by atoms with van der Waals surface area (Å²) in [5, 5.41) is 22.1. The first-order valence-corrected chi connectivity index (χ1v) is 9.17. The third kappa shape index (κ3) is 3.98. The van der Waals surface area contributed by atoms with Gasteiger partial charge >= 0.3 is 6.03 Å². The van der Waals surface area contributed by atoms with Crippen LogP contribution in [0.5, 0.6) is 0 Å². The minimum absolute atomic E-state index is 0.0892. The maximum absolute atomic E-state index is 12.2. The molecule has 152 valence electrons. The number of hydrogen-bond acceptors (Lipinski definition) is 4. The van der Waals surface area contributed by atoms with E-state index in [1.807, 2.05) is 24.3 Å². The van der Waals surface area contributed by atoms with E-state index < -0.39 is 23.6 Å². The lowest BCUT2D eigenvalue weighted by Crippen LogP contribution is -2.49. The number of hydrogen-bond donors (Lipinski definition) is 3. The van der Waals surface area contributed by atoms with Gasteiger partial charge in [0.1, 0.15) is 0 Å². The fraction of sp³-hybridized carbons (Fsp3) is 0.286. The summed E-state index contributed by atoms with van der Waals surface area (Å²) in [6.45, 7) is 1.71. The lowest BCUT2D eigenvalue weighted by Gasteiger charge is -2.23. The van der Waals surface area contributed by atoms with Gasteiger partial charge in [0.25, 0.3) is 11.8 Å². The number of amides is 4. The highest BCUT2D eigenvalue weighted by Gasteiger charge is 2.51. The summed E-state index contributed by atoms with van der Waals surface area (Å²) in [5.74, 6) is -0.680. The van der Waals surface area contributed by atoms with Crippen molar-refractivity contribution in [2.24, 2.45) is 0 Å². The highest BCUT2D eigenvalue weighted by Crippen LogP contribution is 2.30. The molecule has 1 fully saturated rings.